The lowest BCUT2D eigenvalue weighted by molar-refractivity contribution is -0.326. The summed E-state index contributed by atoms with van der Waals surface area (Å²) in [5.74, 6) is 1.88. The smallest absolute Gasteiger partial charge is 0.0721 e. The van der Waals surface area contributed by atoms with Gasteiger partial charge in [0, 0.05) is 5.75 Å². The van der Waals surface area contributed by atoms with Crippen LogP contribution < -0.4 is 0 Å². The Balaban J connectivity index is 2.24. The Morgan fingerprint density at radius 3 is 2.50 bits per heavy atom. The first-order valence-electron chi connectivity index (χ1n) is 2.55. The maximum absolute atomic E-state index is 8.43. The van der Waals surface area contributed by atoms with Gasteiger partial charge < -0.3 is 0 Å². The third kappa shape index (κ3) is 1.35. The van der Waals surface area contributed by atoms with Crippen LogP contribution >= 0.6 is 11.8 Å². The van der Waals surface area contributed by atoms with Crippen LogP contribution in [-0.4, -0.2) is 33.2 Å². The average molecular weight is 135 g/mol. The minimum Gasteiger partial charge on any atom is -0.289 e. The van der Waals surface area contributed by atoms with Crippen molar-refractivity contribution < 1.29 is 10.4 Å². The highest BCUT2D eigenvalue weighted by Crippen LogP contribution is 2.19. The van der Waals surface area contributed by atoms with Crippen LogP contribution in [0.25, 0.3) is 0 Å². The Kier molecular flexibility index (Phi) is 2.13. The normalized spacial score (nSPS) is 29.6. The average Bonchev–Trinajstić information content (AvgIpc) is 2.12. The number of nitrogens with zero attached hydrogens (tertiary/aromatic N) is 1. The standard InChI is InChI=1S/C4H9NO2S/c6-5(7)4-1-2-8-3-4/h4,6-7H,1-3H2. The number of rotatable bonds is 1. The van der Waals surface area contributed by atoms with E-state index in [4.69, 9.17) is 10.4 Å². The SMILES string of the molecule is ON(O)C1CCSC1. The highest BCUT2D eigenvalue weighted by molar-refractivity contribution is 7.99. The second-order valence-corrected chi connectivity index (χ2v) is 2.99. The topological polar surface area (TPSA) is 43.7 Å². The van der Waals surface area contributed by atoms with Gasteiger partial charge in [-0.2, -0.15) is 11.8 Å². The van der Waals surface area contributed by atoms with Crippen molar-refractivity contribution in [3.05, 3.63) is 0 Å². The van der Waals surface area contributed by atoms with Gasteiger partial charge in [-0.05, 0) is 12.2 Å². The Morgan fingerprint density at radius 2 is 2.25 bits per heavy atom. The zero-order valence-electron chi connectivity index (χ0n) is 4.45. The van der Waals surface area contributed by atoms with E-state index in [2.05, 4.69) is 0 Å². The van der Waals surface area contributed by atoms with E-state index >= 15 is 0 Å². The predicted octanol–water partition coefficient (Wildman–Crippen LogP) is 0.572. The van der Waals surface area contributed by atoms with Crippen LogP contribution in [0.5, 0.6) is 0 Å². The molecule has 0 bridgehead atoms. The molecule has 1 aliphatic heterocycles. The molecule has 3 nitrogen and oxygen atoms in total. The van der Waals surface area contributed by atoms with E-state index in [1.807, 2.05) is 0 Å². The Labute approximate surface area is 52.2 Å². The van der Waals surface area contributed by atoms with Gasteiger partial charge in [0.05, 0.1) is 6.04 Å². The van der Waals surface area contributed by atoms with E-state index in [1.165, 1.54) is 0 Å². The second-order valence-electron chi connectivity index (χ2n) is 1.84. The first kappa shape index (κ1) is 6.35. The quantitative estimate of drug-likeness (QED) is 0.516. The minimum atomic E-state index is -0.0278. The van der Waals surface area contributed by atoms with Gasteiger partial charge in [0.25, 0.3) is 0 Å². The molecule has 0 spiro atoms. The number of hydrogen-bond donors (Lipinski definition) is 2. The molecule has 8 heavy (non-hydrogen) atoms. The van der Waals surface area contributed by atoms with Crippen molar-refractivity contribution in [1.82, 2.24) is 5.23 Å². The maximum atomic E-state index is 8.43. The largest absolute Gasteiger partial charge is 0.289 e. The first-order chi connectivity index (χ1) is 3.80. The van der Waals surface area contributed by atoms with Crippen molar-refractivity contribution in [2.24, 2.45) is 0 Å². The summed E-state index contributed by atoms with van der Waals surface area (Å²) in [5, 5.41) is 17.2. The van der Waals surface area contributed by atoms with Gasteiger partial charge >= 0.3 is 0 Å². The molecule has 1 heterocycles. The number of thioether (sulfide) groups is 1. The molecular weight excluding hydrogens is 126 g/mol. The molecule has 1 rings (SSSR count). The molecule has 0 aromatic heterocycles. The molecule has 0 amide bonds. The fourth-order valence-corrected chi connectivity index (χ4v) is 1.88. The van der Waals surface area contributed by atoms with E-state index in [0.717, 1.165) is 17.9 Å². The van der Waals surface area contributed by atoms with E-state index in [-0.39, 0.29) is 6.04 Å². The molecular formula is C4H9NO2S. The van der Waals surface area contributed by atoms with Crippen LogP contribution in [0, 0.1) is 0 Å². The summed E-state index contributed by atoms with van der Waals surface area (Å²) < 4.78 is 0. The monoisotopic (exact) mass is 135 g/mol. The summed E-state index contributed by atoms with van der Waals surface area (Å²) >= 11 is 1.75. The Bertz CT molecular complexity index is 72.4. The molecule has 0 aliphatic carbocycles. The van der Waals surface area contributed by atoms with E-state index in [0.29, 0.717) is 5.23 Å². The van der Waals surface area contributed by atoms with Gasteiger partial charge in [-0.15, -0.1) is 0 Å². The summed E-state index contributed by atoms with van der Waals surface area (Å²) in [6.07, 6.45) is 0.887. The summed E-state index contributed by atoms with van der Waals surface area (Å²) in [6, 6.07) is -0.0278. The highest BCUT2D eigenvalue weighted by Gasteiger charge is 2.19. The van der Waals surface area contributed by atoms with Crippen molar-refractivity contribution in [3.63, 3.8) is 0 Å². The van der Waals surface area contributed by atoms with Crippen LogP contribution in [-0.2, 0) is 0 Å². The van der Waals surface area contributed by atoms with Crippen molar-refractivity contribution >= 4 is 11.8 Å². The summed E-state index contributed by atoms with van der Waals surface area (Å²) in [4.78, 5) is 0. The maximum Gasteiger partial charge on any atom is 0.0721 e. The summed E-state index contributed by atoms with van der Waals surface area (Å²) in [5.41, 5.74) is 0. The van der Waals surface area contributed by atoms with Gasteiger partial charge in [0.15, 0.2) is 0 Å². The van der Waals surface area contributed by atoms with Crippen LogP contribution in [0.1, 0.15) is 6.42 Å². The lowest BCUT2D eigenvalue weighted by Gasteiger charge is -2.11. The lowest BCUT2D eigenvalue weighted by atomic mass is 10.3. The molecule has 1 fully saturated rings. The molecule has 2 N–H and O–H groups in total. The number of hydrogen-bond acceptors (Lipinski definition) is 4. The molecule has 0 aromatic carbocycles. The molecule has 1 unspecified atom stereocenters. The van der Waals surface area contributed by atoms with Gasteiger partial charge in [-0.3, -0.25) is 10.4 Å². The van der Waals surface area contributed by atoms with E-state index < -0.39 is 0 Å². The second kappa shape index (κ2) is 2.68. The molecule has 48 valence electrons. The van der Waals surface area contributed by atoms with Gasteiger partial charge in [0.2, 0.25) is 0 Å². The molecule has 1 saturated heterocycles. The highest BCUT2D eigenvalue weighted by atomic mass is 32.2. The van der Waals surface area contributed by atoms with Gasteiger partial charge in [-0.25, -0.2) is 0 Å². The summed E-state index contributed by atoms with van der Waals surface area (Å²) in [6.45, 7) is 0. The van der Waals surface area contributed by atoms with Crippen molar-refractivity contribution in [1.29, 1.82) is 0 Å². The lowest BCUT2D eigenvalue weighted by Crippen LogP contribution is -2.28. The van der Waals surface area contributed by atoms with Gasteiger partial charge in [0.1, 0.15) is 0 Å². The zero-order chi connectivity index (χ0) is 5.98. The minimum absolute atomic E-state index is 0.0278. The molecule has 0 saturated carbocycles. The third-order valence-electron chi connectivity index (χ3n) is 1.23. The fourth-order valence-electron chi connectivity index (χ4n) is 0.704. The van der Waals surface area contributed by atoms with E-state index in [1.54, 1.807) is 11.8 Å². The van der Waals surface area contributed by atoms with Crippen molar-refractivity contribution in [2.75, 3.05) is 11.5 Å². The first-order valence-corrected chi connectivity index (χ1v) is 3.71. The van der Waals surface area contributed by atoms with E-state index in [9.17, 15) is 0 Å². The van der Waals surface area contributed by atoms with Gasteiger partial charge in [-0.1, -0.05) is 5.23 Å². The van der Waals surface area contributed by atoms with Crippen LogP contribution in [0.3, 0.4) is 0 Å². The molecule has 1 atom stereocenters. The Hall–Kier alpha value is 0.230. The van der Waals surface area contributed by atoms with Crippen LogP contribution in [0.2, 0.25) is 0 Å². The molecule has 1 aliphatic rings. The molecule has 0 aromatic rings. The van der Waals surface area contributed by atoms with Crippen LogP contribution in [0.4, 0.5) is 0 Å². The summed E-state index contributed by atoms with van der Waals surface area (Å²) in [7, 11) is 0. The van der Waals surface area contributed by atoms with Crippen molar-refractivity contribution in [2.45, 2.75) is 12.5 Å². The predicted molar refractivity (Wildman–Crippen MR) is 31.1 cm³/mol. The van der Waals surface area contributed by atoms with Crippen LogP contribution in [0.15, 0.2) is 0 Å². The Morgan fingerprint density at radius 1 is 1.50 bits per heavy atom. The third-order valence-corrected chi connectivity index (χ3v) is 2.38. The molecule has 4 heteroatoms. The van der Waals surface area contributed by atoms with Crippen molar-refractivity contribution in [3.8, 4) is 0 Å². The fraction of sp³-hybridized carbons (Fsp3) is 1.00. The zero-order valence-corrected chi connectivity index (χ0v) is 5.27. The molecule has 0 radical (unpaired) electrons. The number of hydroxylamine groups is 2.